The minimum atomic E-state index is 1.14. The van der Waals surface area contributed by atoms with Gasteiger partial charge in [0.2, 0.25) is 0 Å². The molecule has 0 saturated carbocycles. The molecule has 0 spiro atoms. The predicted molar refractivity (Wildman–Crippen MR) is 254 cm³/mol. The minimum Gasteiger partial charge on any atom is -0.0654 e. The summed E-state index contributed by atoms with van der Waals surface area (Å²) in [5.74, 6) is 0. The second-order valence-corrected chi connectivity index (χ2v) is 17.1. The van der Waals surface area contributed by atoms with E-state index in [1.165, 1.54) is 177 Å². The molecule has 8 rings (SSSR count). The lowest BCUT2D eigenvalue weighted by Gasteiger charge is -2.26. The van der Waals surface area contributed by atoms with Gasteiger partial charge in [0.1, 0.15) is 0 Å². The van der Waals surface area contributed by atoms with Gasteiger partial charge in [-0.2, -0.15) is 0 Å². The second-order valence-electron chi connectivity index (χ2n) is 17.1. The Morgan fingerprint density at radius 2 is 0.638 bits per heavy atom. The Kier molecular flexibility index (Phi) is 12.7. The number of unbranched alkanes of at least 4 members (excludes halogenated alkanes) is 10. The number of hydrogen-bond acceptors (Lipinski definition) is 0. The van der Waals surface area contributed by atoms with Crippen LogP contribution in [0.4, 0.5) is 0 Å². The number of fused-ring (bicyclic) bond motifs is 3. The Bertz CT molecular complexity index is 2270. The fraction of sp³-hybridized carbons (Fsp3) is 0.310. The maximum absolute atomic E-state index is 2.43. The molecule has 0 bridgehead atoms. The van der Waals surface area contributed by atoms with Crippen molar-refractivity contribution in [3.63, 3.8) is 0 Å². The number of rotatable bonds is 18. The molecular formula is C58H62. The van der Waals surface area contributed by atoms with Crippen LogP contribution in [-0.4, -0.2) is 0 Å². The Balaban J connectivity index is 1.36. The molecule has 7 aromatic carbocycles. The van der Waals surface area contributed by atoms with E-state index < -0.39 is 0 Å². The van der Waals surface area contributed by atoms with E-state index in [4.69, 9.17) is 0 Å². The van der Waals surface area contributed by atoms with Gasteiger partial charge in [-0.25, -0.2) is 0 Å². The summed E-state index contributed by atoms with van der Waals surface area (Å²) in [6.45, 7) is 9.00. The van der Waals surface area contributed by atoms with E-state index in [1.54, 1.807) is 0 Å². The van der Waals surface area contributed by atoms with Crippen molar-refractivity contribution in [3.05, 3.63) is 156 Å². The summed E-state index contributed by atoms with van der Waals surface area (Å²) in [6, 6.07) is 51.9. The lowest BCUT2D eigenvalue weighted by molar-refractivity contribution is 0.607. The van der Waals surface area contributed by atoms with Crippen LogP contribution in [0.3, 0.4) is 0 Å². The van der Waals surface area contributed by atoms with Gasteiger partial charge in [-0.05, 0) is 128 Å². The SMILES string of the molecule is CCCCCCCCc1ccc(-c2c(-c3ccc(CCCCCCCC)cc3)c(-c3ccc(C)cc3)c3c(c2-c2ccc(C)cc2)-c2cccc4cccc-3c24)cc1. The quantitative estimate of drug-likeness (QED) is 0.0765. The second kappa shape index (κ2) is 18.6. The molecule has 1 aliphatic rings. The third-order valence-electron chi connectivity index (χ3n) is 12.7. The van der Waals surface area contributed by atoms with E-state index in [2.05, 4.69) is 161 Å². The van der Waals surface area contributed by atoms with Gasteiger partial charge in [-0.1, -0.05) is 223 Å². The Morgan fingerprint density at radius 1 is 0.310 bits per heavy atom. The molecule has 58 heavy (non-hydrogen) atoms. The largest absolute Gasteiger partial charge is 0.0654 e. The lowest BCUT2D eigenvalue weighted by Crippen LogP contribution is -2.00. The highest BCUT2D eigenvalue weighted by atomic mass is 14.4. The Morgan fingerprint density at radius 3 is 1.02 bits per heavy atom. The summed E-state index contributed by atoms with van der Waals surface area (Å²) < 4.78 is 0. The van der Waals surface area contributed by atoms with Crippen LogP contribution in [0, 0.1) is 13.8 Å². The third-order valence-corrected chi connectivity index (χ3v) is 12.7. The van der Waals surface area contributed by atoms with Gasteiger partial charge in [0.05, 0.1) is 0 Å². The molecule has 0 heteroatoms. The molecule has 0 aliphatic heterocycles. The highest BCUT2D eigenvalue weighted by molar-refractivity contribution is 6.25. The first kappa shape index (κ1) is 39.6. The monoisotopic (exact) mass is 758 g/mol. The molecule has 0 amide bonds. The maximum Gasteiger partial charge on any atom is -0.000719 e. The standard InChI is InChI=1S/C58H62/c1-5-7-9-11-13-15-19-43-29-37-48(38-30-43)53-54(49-39-31-44(32-40-49)20-16-14-12-10-8-6-2)56(47-35-27-42(4)28-36-47)58-51-24-18-22-45-21-17-23-50(52(45)51)57(58)55(53)46-33-25-41(3)26-34-46/h17-18,21-40H,5-16,19-20H2,1-4H3. The van der Waals surface area contributed by atoms with Crippen molar-refractivity contribution in [2.24, 2.45) is 0 Å². The Hall–Kier alpha value is -5.20. The first-order chi connectivity index (χ1) is 28.6. The van der Waals surface area contributed by atoms with Crippen LogP contribution in [0.2, 0.25) is 0 Å². The predicted octanol–water partition coefficient (Wildman–Crippen LogP) is 17.6. The van der Waals surface area contributed by atoms with Gasteiger partial charge in [0.25, 0.3) is 0 Å². The zero-order chi connectivity index (χ0) is 39.8. The molecule has 294 valence electrons. The number of hydrogen-bond donors (Lipinski definition) is 0. The molecule has 7 aromatic rings. The van der Waals surface area contributed by atoms with Crippen molar-refractivity contribution in [2.45, 2.75) is 118 Å². The van der Waals surface area contributed by atoms with Crippen molar-refractivity contribution in [3.8, 4) is 66.8 Å². The minimum absolute atomic E-state index is 1.14. The van der Waals surface area contributed by atoms with Crippen LogP contribution in [0.15, 0.2) is 133 Å². The average molecular weight is 759 g/mol. The van der Waals surface area contributed by atoms with E-state index >= 15 is 0 Å². The summed E-state index contributed by atoms with van der Waals surface area (Å²) in [7, 11) is 0. The highest BCUT2D eigenvalue weighted by Gasteiger charge is 2.33. The molecule has 0 unspecified atom stereocenters. The van der Waals surface area contributed by atoms with Gasteiger partial charge in [0.15, 0.2) is 0 Å². The van der Waals surface area contributed by atoms with Gasteiger partial charge in [0, 0.05) is 0 Å². The summed E-state index contributed by atoms with van der Waals surface area (Å²) in [5, 5.41) is 2.67. The van der Waals surface area contributed by atoms with Crippen LogP contribution in [0.25, 0.3) is 77.5 Å². The summed E-state index contributed by atoms with van der Waals surface area (Å²) in [6.07, 6.45) is 18.1. The van der Waals surface area contributed by atoms with E-state index in [0.29, 0.717) is 0 Å². The molecule has 0 aromatic heterocycles. The summed E-state index contributed by atoms with van der Waals surface area (Å²) in [5.41, 5.74) is 21.3. The van der Waals surface area contributed by atoms with Crippen LogP contribution >= 0.6 is 0 Å². The molecule has 0 nitrogen and oxygen atoms in total. The van der Waals surface area contributed by atoms with E-state index in [9.17, 15) is 0 Å². The average Bonchev–Trinajstić information content (AvgIpc) is 3.59. The smallest absolute Gasteiger partial charge is 0.000719 e. The fourth-order valence-corrected chi connectivity index (χ4v) is 9.54. The topological polar surface area (TPSA) is 0 Å². The first-order valence-corrected chi connectivity index (χ1v) is 22.6. The summed E-state index contributed by atoms with van der Waals surface area (Å²) >= 11 is 0. The lowest BCUT2D eigenvalue weighted by atomic mass is 9.76. The van der Waals surface area contributed by atoms with Crippen LogP contribution in [-0.2, 0) is 12.8 Å². The van der Waals surface area contributed by atoms with Gasteiger partial charge >= 0.3 is 0 Å². The normalized spacial score (nSPS) is 11.7. The molecule has 0 heterocycles. The highest BCUT2D eigenvalue weighted by Crippen LogP contribution is 2.60. The third kappa shape index (κ3) is 8.35. The van der Waals surface area contributed by atoms with Gasteiger partial charge < -0.3 is 0 Å². The Labute approximate surface area is 349 Å². The molecule has 0 saturated heterocycles. The molecule has 0 fully saturated rings. The summed E-state index contributed by atoms with van der Waals surface area (Å²) in [4.78, 5) is 0. The molecule has 1 aliphatic carbocycles. The number of aryl methyl sites for hydroxylation is 4. The first-order valence-electron chi connectivity index (χ1n) is 22.6. The van der Waals surface area contributed by atoms with Crippen molar-refractivity contribution in [2.75, 3.05) is 0 Å². The van der Waals surface area contributed by atoms with Crippen molar-refractivity contribution < 1.29 is 0 Å². The van der Waals surface area contributed by atoms with E-state index in [1.807, 2.05) is 0 Å². The zero-order valence-corrected chi connectivity index (χ0v) is 35.6. The van der Waals surface area contributed by atoms with Crippen molar-refractivity contribution in [1.82, 2.24) is 0 Å². The van der Waals surface area contributed by atoms with Crippen LogP contribution < -0.4 is 0 Å². The maximum atomic E-state index is 2.43. The van der Waals surface area contributed by atoms with Crippen molar-refractivity contribution >= 4 is 10.8 Å². The van der Waals surface area contributed by atoms with Crippen molar-refractivity contribution in [1.29, 1.82) is 0 Å². The zero-order valence-electron chi connectivity index (χ0n) is 35.6. The van der Waals surface area contributed by atoms with Crippen LogP contribution in [0.1, 0.15) is 113 Å². The van der Waals surface area contributed by atoms with Gasteiger partial charge in [-0.3, -0.25) is 0 Å². The van der Waals surface area contributed by atoms with E-state index in [0.717, 1.165) is 12.8 Å². The van der Waals surface area contributed by atoms with Crippen LogP contribution in [0.5, 0.6) is 0 Å². The number of benzene rings is 7. The van der Waals surface area contributed by atoms with E-state index in [-0.39, 0.29) is 0 Å². The molecule has 0 radical (unpaired) electrons. The molecule has 0 atom stereocenters. The molecule has 0 N–H and O–H groups in total. The molecular weight excluding hydrogens is 697 g/mol. The van der Waals surface area contributed by atoms with Gasteiger partial charge in [-0.15, -0.1) is 0 Å². The fourth-order valence-electron chi connectivity index (χ4n) is 9.54.